The molecule has 0 bridgehead atoms. The number of aryl methyl sites for hydroxylation is 1. The van der Waals surface area contributed by atoms with E-state index in [0.717, 1.165) is 40.6 Å². The third kappa shape index (κ3) is 5.89. The molecule has 4 aromatic rings. The summed E-state index contributed by atoms with van der Waals surface area (Å²) in [5.41, 5.74) is 2.92. The van der Waals surface area contributed by atoms with Crippen molar-refractivity contribution in [2.45, 2.75) is 51.0 Å². The molecule has 0 radical (unpaired) electrons. The molecule has 3 aromatic carbocycles. The number of hydrogen-bond acceptors (Lipinski definition) is 3. The lowest BCUT2D eigenvalue weighted by Crippen LogP contribution is -2.51. The summed E-state index contributed by atoms with van der Waals surface area (Å²) in [7, 11) is 0. The highest BCUT2D eigenvalue weighted by Crippen LogP contribution is 2.32. The van der Waals surface area contributed by atoms with Gasteiger partial charge in [-0.05, 0) is 73.2 Å². The summed E-state index contributed by atoms with van der Waals surface area (Å²) in [6, 6.07) is 23.6. The second-order valence-electron chi connectivity index (χ2n) is 10.0. The van der Waals surface area contributed by atoms with Crippen LogP contribution in [-0.2, 0) is 19.1 Å². The number of alkyl halides is 3. The molecule has 38 heavy (non-hydrogen) atoms. The van der Waals surface area contributed by atoms with Crippen LogP contribution in [0.15, 0.2) is 85.1 Å². The molecule has 1 amide bonds. The summed E-state index contributed by atoms with van der Waals surface area (Å²) in [5.74, 6) is -0.348. The molecule has 2 atom stereocenters. The second-order valence-corrected chi connectivity index (χ2v) is 10.0. The van der Waals surface area contributed by atoms with Gasteiger partial charge < -0.3 is 10.2 Å². The van der Waals surface area contributed by atoms with Crippen molar-refractivity contribution in [2.75, 3.05) is 6.54 Å². The highest BCUT2D eigenvalue weighted by atomic mass is 19.4. The van der Waals surface area contributed by atoms with E-state index in [1.807, 2.05) is 60.8 Å². The van der Waals surface area contributed by atoms with Gasteiger partial charge in [0.25, 0.3) is 5.91 Å². The number of pyridine rings is 1. The maximum absolute atomic E-state index is 13.6. The predicted molar refractivity (Wildman–Crippen MR) is 143 cm³/mol. The number of carbonyl (C=O) groups excluding carboxylic acids is 1. The number of benzene rings is 3. The first-order chi connectivity index (χ1) is 18.3. The second kappa shape index (κ2) is 11.0. The molecule has 1 N–H and O–H groups in total. The van der Waals surface area contributed by atoms with Crippen molar-refractivity contribution in [1.29, 1.82) is 0 Å². The summed E-state index contributed by atoms with van der Waals surface area (Å²) in [6.45, 7) is 2.74. The van der Waals surface area contributed by atoms with Crippen LogP contribution in [0.1, 0.15) is 45.5 Å². The molecule has 0 saturated carbocycles. The predicted octanol–water partition coefficient (Wildman–Crippen LogP) is 6.57. The molecule has 1 fully saturated rings. The number of hydrogen-bond donors (Lipinski definition) is 1. The number of aromatic nitrogens is 1. The maximum Gasteiger partial charge on any atom is 0.416 e. The molecule has 4 nitrogen and oxygen atoms in total. The molecule has 196 valence electrons. The minimum atomic E-state index is -4.50. The molecule has 0 spiro atoms. The number of piperidine rings is 1. The molecular formula is C31H30F3N3O. The Morgan fingerprint density at radius 2 is 1.79 bits per heavy atom. The van der Waals surface area contributed by atoms with Gasteiger partial charge >= 0.3 is 6.18 Å². The Kier molecular flexibility index (Phi) is 7.47. The molecule has 1 aromatic heterocycles. The summed E-state index contributed by atoms with van der Waals surface area (Å²) in [6.07, 6.45) is -0.616. The average molecular weight is 518 g/mol. The van der Waals surface area contributed by atoms with Gasteiger partial charge in [0.15, 0.2) is 0 Å². The van der Waals surface area contributed by atoms with E-state index in [1.165, 1.54) is 0 Å². The van der Waals surface area contributed by atoms with E-state index in [9.17, 15) is 18.0 Å². The zero-order valence-electron chi connectivity index (χ0n) is 21.2. The van der Waals surface area contributed by atoms with Crippen LogP contribution >= 0.6 is 0 Å². The minimum Gasteiger partial charge on any atom is -0.335 e. The number of halogens is 3. The number of nitrogens with zero attached hydrogens (tertiary/aromatic N) is 2. The summed E-state index contributed by atoms with van der Waals surface area (Å²) < 4.78 is 40.4. The lowest BCUT2D eigenvalue weighted by Gasteiger charge is -2.40. The fourth-order valence-corrected chi connectivity index (χ4v) is 5.38. The van der Waals surface area contributed by atoms with Gasteiger partial charge in [0.1, 0.15) is 0 Å². The van der Waals surface area contributed by atoms with E-state index < -0.39 is 11.7 Å². The van der Waals surface area contributed by atoms with Gasteiger partial charge in [-0.2, -0.15) is 13.2 Å². The van der Waals surface area contributed by atoms with Crippen LogP contribution in [0.5, 0.6) is 0 Å². The van der Waals surface area contributed by atoms with Crippen LogP contribution in [0.3, 0.4) is 0 Å². The highest BCUT2D eigenvalue weighted by Gasteiger charge is 2.35. The van der Waals surface area contributed by atoms with Crippen molar-refractivity contribution in [2.24, 2.45) is 0 Å². The molecule has 5 rings (SSSR count). The van der Waals surface area contributed by atoms with E-state index in [-0.39, 0.29) is 23.6 Å². The molecule has 1 aliphatic rings. The Hall–Kier alpha value is -3.71. The topological polar surface area (TPSA) is 45.2 Å². The Bertz CT molecular complexity index is 1420. The van der Waals surface area contributed by atoms with Crippen molar-refractivity contribution in [3.05, 3.63) is 113 Å². The molecule has 1 saturated heterocycles. The molecule has 1 aliphatic heterocycles. The number of amides is 1. The van der Waals surface area contributed by atoms with Crippen LogP contribution in [0.2, 0.25) is 0 Å². The zero-order chi connectivity index (χ0) is 26.7. The Morgan fingerprint density at radius 1 is 1.03 bits per heavy atom. The quantitative estimate of drug-likeness (QED) is 0.315. The van der Waals surface area contributed by atoms with Crippen molar-refractivity contribution < 1.29 is 18.0 Å². The first-order valence-electron chi connectivity index (χ1n) is 12.9. The maximum atomic E-state index is 13.6. The van der Waals surface area contributed by atoms with Crippen molar-refractivity contribution in [3.8, 4) is 0 Å². The van der Waals surface area contributed by atoms with Crippen LogP contribution in [0, 0.1) is 6.92 Å². The number of fused-ring (bicyclic) bond motifs is 1. The third-order valence-electron chi connectivity index (χ3n) is 7.26. The van der Waals surface area contributed by atoms with Gasteiger partial charge in [-0.1, -0.05) is 48.5 Å². The largest absolute Gasteiger partial charge is 0.416 e. The monoisotopic (exact) mass is 517 g/mol. The molecule has 2 heterocycles. The fraction of sp³-hybridized carbons (Fsp3) is 0.290. The van der Waals surface area contributed by atoms with E-state index in [4.69, 9.17) is 0 Å². The normalized spacial score (nSPS) is 18.1. The van der Waals surface area contributed by atoms with Gasteiger partial charge in [-0.3, -0.25) is 9.78 Å². The van der Waals surface area contributed by atoms with Crippen LogP contribution in [-0.4, -0.2) is 34.4 Å². The number of para-hydroxylation sites is 1. The summed E-state index contributed by atoms with van der Waals surface area (Å²) in [4.78, 5) is 19.8. The third-order valence-corrected chi connectivity index (χ3v) is 7.26. The van der Waals surface area contributed by atoms with Crippen LogP contribution in [0.4, 0.5) is 13.2 Å². The van der Waals surface area contributed by atoms with Crippen LogP contribution in [0.25, 0.3) is 10.9 Å². The van der Waals surface area contributed by atoms with Gasteiger partial charge in [-0.25, -0.2) is 0 Å². The first kappa shape index (κ1) is 25.9. The van der Waals surface area contributed by atoms with Gasteiger partial charge in [0, 0.05) is 42.3 Å². The molecule has 0 unspecified atom stereocenters. The van der Waals surface area contributed by atoms with E-state index in [1.54, 1.807) is 17.9 Å². The number of rotatable bonds is 6. The first-order valence-corrected chi connectivity index (χ1v) is 12.9. The van der Waals surface area contributed by atoms with Crippen molar-refractivity contribution >= 4 is 16.8 Å². The zero-order valence-corrected chi connectivity index (χ0v) is 21.2. The van der Waals surface area contributed by atoms with Crippen molar-refractivity contribution in [1.82, 2.24) is 15.2 Å². The van der Waals surface area contributed by atoms with Crippen LogP contribution < -0.4 is 5.32 Å². The van der Waals surface area contributed by atoms with E-state index in [2.05, 4.69) is 16.4 Å². The summed E-state index contributed by atoms with van der Waals surface area (Å²) >= 11 is 0. The lowest BCUT2D eigenvalue weighted by molar-refractivity contribution is -0.137. The average Bonchev–Trinajstić information content (AvgIpc) is 2.91. The standard InChI is InChI=1S/C31H30F3N3O/c1-21-15-24(18-25(16-21)31(32,33)34)30(38)37-14-12-26(19-27(37)17-22-7-3-2-4-8-22)36-20-23-11-13-35-29-10-6-5-9-28(23)29/h2-11,13,15-16,18,26-27,36H,12,14,17,19-20H2,1H3/t26-,27+/m0/s1. The van der Waals surface area contributed by atoms with Gasteiger partial charge in [0.2, 0.25) is 0 Å². The number of nitrogens with one attached hydrogen (secondary N) is 1. The van der Waals surface area contributed by atoms with E-state index in [0.29, 0.717) is 31.5 Å². The highest BCUT2D eigenvalue weighted by molar-refractivity contribution is 5.95. The van der Waals surface area contributed by atoms with Crippen molar-refractivity contribution in [3.63, 3.8) is 0 Å². The Labute approximate surface area is 220 Å². The van der Waals surface area contributed by atoms with Gasteiger partial charge in [-0.15, -0.1) is 0 Å². The SMILES string of the molecule is Cc1cc(C(=O)N2CC[C@H](NCc3ccnc4ccccc34)C[C@H]2Cc2ccccc2)cc(C(F)(F)F)c1. The Balaban J connectivity index is 1.36. The molecule has 0 aliphatic carbocycles. The summed E-state index contributed by atoms with van der Waals surface area (Å²) in [5, 5.41) is 4.78. The number of likely N-dealkylation sites (tertiary alicyclic amines) is 1. The van der Waals surface area contributed by atoms with E-state index >= 15 is 0 Å². The molecular weight excluding hydrogens is 487 g/mol. The fourth-order valence-electron chi connectivity index (χ4n) is 5.38. The minimum absolute atomic E-state index is 0.0880. The smallest absolute Gasteiger partial charge is 0.335 e. The molecule has 7 heteroatoms. The lowest BCUT2D eigenvalue weighted by atomic mass is 9.91. The van der Waals surface area contributed by atoms with Gasteiger partial charge in [0.05, 0.1) is 11.1 Å². The Morgan fingerprint density at radius 3 is 2.58 bits per heavy atom. The number of carbonyl (C=O) groups is 1.